The summed E-state index contributed by atoms with van der Waals surface area (Å²) < 4.78 is 47.1. The number of ether oxygens (including phenoxy) is 1. The molecular formula is C26H27Br2N4NaO13P2. The van der Waals surface area contributed by atoms with E-state index in [1.807, 2.05) is 0 Å². The third-order valence-corrected chi connectivity index (χ3v) is 8.92. The number of carbonyl (C=O) groups excluding carboxylic acids is 2. The zero-order valence-electron chi connectivity index (χ0n) is 25.2. The van der Waals surface area contributed by atoms with E-state index >= 15 is 0 Å². The second kappa shape index (κ2) is 17.2. The Labute approximate surface area is 311 Å². The molecule has 2 heterocycles. The van der Waals surface area contributed by atoms with Gasteiger partial charge in [-0.25, -0.2) is 9.36 Å². The van der Waals surface area contributed by atoms with Gasteiger partial charge in [0, 0.05) is 48.1 Å². The molecule has 3 aromatic rings. The molecule has 17 nitrogen and oxygen atoms in total. The molecule has 1 aromatic heterocycles. The molecule has 0 spiro atoms. The number of phosphoric acid groups is 2. The van der Waals surface area contributed by atoms with Gasteiger partial charge < -0.3 is 34.2 Å². The molecule has 22 heteroatoms. The van der Waals surface area contributed by atoms with Gasteiger partial charge >= 0.3 is 50.9 Å². The molecule has 0 aliphatic carbocycles. The fourth-order valence-corrected chi connectivity index (χ4v) is 6.20. The number of rotatable bonds is 13. The molecular weight excluding hydrogens is 821 g/mol. The fourth-order valence-electron chi connectivity index (χ4n) is 4.56. The van der Waals surface area contributed by atoms with Crippen molar-refractivity contribution in [1.82, 2.24) is 9.55 Å². The van der Waals surface area contributed by atoms with E-state index in [4.69, 9.17) is 18.7 Å². The Kier molecular flexibility index (Phi) is 14.4. The van der Waals surface area contributed by atoms with Crippen LogP contribution in [0.2, 0.25) is 0 Å². The summed E-state index contributed by atoms with van der Waals surface area (Å²) in [6.07, 6.45) is -2.49. The number of aryl methyl sites for hydroxylation is 1. The molecule has 0 radical (unpaired) electrons. The van der Waals surface area contributed by atoms with Crippen molar-refractivity contribution in [2.24, 2.45) is 0 Å². The Bertz CT molecular complexity index is 1870. The molecule has 2 amide bonds. The van der Waals surface area contributed by atoms with Gasteiger partial charge in [-0.3, -0.25) is 37.9 Å². The van der Waals surface area contributed by atoms with Gasteiger partial charge in [-0.05, 0) is 30.7 Å². The van der Waals surface area contributed by atoms with Crippen LogP contribution in [0.5, 0.6) is 11.5 Å². The van der Waals surface area contributed by atoms with E-state index in [1.54, 1.807) is 0 Å². The minimum absolute atomic E-state index is 0. The second-order valence-corrected chi connectivity index (χ2v) is 13.6. The summed E-state index contributed by atoms with van der Waals surface area (Å²) in [5.74, 6) is -1.35. The first-order chi connectivity index (χ1) is 22.1. The number of aromatic nitrogens is 2. The predicted molar refractivity (Wildman–Crippen MR) is 172 cm³/mol. The van der Waals surface area contributed by atoms with Crippen LogP contribution in [-0.4, -0.2) is 54.0 Å². The maximum Gasteiger partial charge on any atom is 1.00 e. The third kappa shape index (κ3) is 11.5. The molecule has 1 aliphatic heterocycles. The molecule has 5 atom stereocenters. The van der Waals surface area contributed by atoms with Gasteiger partial charge in [0.05, 0.1) is 16.8 Å². The Balaban J connectivity index is 0.00000625. The largest absolute Gasteiger partial charge is 1.00 e. The molecule has 0 bridgehead atoms. The number of benzene rings is 2. The zero-order valence-corrected chi connectivity index (χ0v) is 32.1. The van der Waals surface area contributed by atoms with Crippen LogP contribution >= 0.6 is 47.5 Å². The number of anilines is 2. The SMILES string of the molecule is Cc1cn(C2CC(OP(=O)(O)Oc3cccc(NC(=O)CBr)c3)C(Cc3ccc(OP(=O)([O-])O)cc3NC(=O)CBr)O2)c(=O)[nH]c1=O.[Na+]. The zero-order chi connectivity index (χ0) is 34.5. The minimum Gasteiger partial charge on any atom is -0.746 e. The van der Waals surface area contributed by atoms with Gasteiger partial charge in [0.2, 0.25) is 11.8 Å². The molecule has 254 valence electrons. The van der Waals surface area contributed by atoms with Crippen LogP contribution in [0.4, 0.5) is 11.4 Å². The van der Waals surface area contributed by atoms with E-state index in [2.05, 4.69) is 52.0 Å². The summed E-state index contributed by atoms with van der Waals surface area (Å²) in [5, 5.41) is 4.99. The number of phosphoric ester groups is 2. The number of nitrogens with one attached hydrogen (secondary N) is 3. The molecule has 1 saturated heterocycles. The van der Waals surface area contributed by atoms with E-state index in [1.165, 1.54) is 49.5 Å². The summed E-state index contributed by atoms with van der Waals surface area (Å²) in [6, 6.07) is 9.36. The van der Waals surface area contributed by atoms with Gasteiger partial charge in [0.25, 0.3) is 5.56 Å². The smallest absolute Gasteiger partial charge is 0.746 e. The number of aromatic amines is 1. The van der Waals surface area contributed by atoms with E-state index in [0.717, 1.165) is 10.6 Å². The second-order valence-electron chi connectivity index (χ2n) is 10.0. The fraction of sp³-hybridized carbons (Fsp3) is 0.308. The summed E-state index contributed by atoms with van der Waals surface area (Å²) in [6.45, 7) is 1.47. The number of nitrogens with zero attached hydrogens (tertiary/aromatic N) is 1. The molecule has 5 unspecified atom stereocenters. The van der Waals surface area contributed by atoms with Crippen LogP contribution in [0.3, 0.4) is 0 Å². The van der Waals surface area contributed by atoms with Gasteiger partial charge in [-0.2, -0.15) is 0 Å². The quantitative estimate of drug-likeness (QED) is 0.0825. The molecule has 48 heavy (non-hydrogen) atoms. The van der Waals surface area contributed by atoms with Crippen molar-refractivity contribution in [2.75, 3.05) is 21.3 Å². The molecule has 1 fully saturated rings. The van der Waals surface area contributed by atoms with E-state index in [0.29, 0.717) is 5.56 Å². The van der Waals surface area contributed by atoms with Gasteiger partial charge in [0.15, 0.2) is 0 Å². The van der Waals surface area contributed by atoms with Crippen LogP contribution in [0.25, 0.3) is 0 Å². The monoisotopic (exact) mass is 846 g/mol. The number of alkyl halides is 2. The number of carbonyl (C=O) groups is 2. The van der Waals surface area contributed by atoms with Crippen molar-refractivity contribution >= 4 is 70.7 Å². The topological polar surface area (TPSA) is 248 Å². The van der Waals surface area contributed by atoms with Crippen molar-refractivity contribution in [1.29, 1.82) is 0 Å². The number of hydrogen-bond acceptors (Lipinski definition) is 11. The molecule has 1 aliphatic rings. The molecule has 0 saturated carbocycles. The Morgan fingerprint density at radius 3 is 2.40 bits per heavy atom. The van der Waals surface area contributed by atoms with Crippen LogP contribution in [0.15, 0.2) is 58.3 Å². The van der Waals surface area contributed by atoms with E-state index in [9.17, 15) is 38.1 Å². The summed E-state index contributed by atoms with van der Waals surface area (Å²) in [5.41, 5.74) is -0.591. The third-order valence-electron chi connectivity index (χ3n) is 6.48. The van der Waals surface area contributed by atoms with Crippen molar-refractivity contribution in [3.8, 4) is 11.5 Å². The minimum atomic E-state index is -5.19. The van der Waals surface area contributed by atoms with Gasteiger partial charge in [-0.1, -0.05) is 44.0 Å². The Hall–Kier alpha value is -2.12. The Morgan fingerprint density at radius 2 is 1.73 bits per heavy atom. The standard InChI is InChI=1S/C26H28Br2N4O13P2.Na/c1-14-13-32(26(36)31-25(14)35)24-10-21(45-47(40,41)44-17-4-2-3-16(8-17)29-22(33)11-27)20(42-24)7-15-5-6-18(43-46(37,38)39)9-19(15)30-23(34)12-28;/h2-6,8-9,13,20-21,24H,7,10-12H2,1H3,(H,29,33)(H,30,34)(H,40,41)(H,31,35,36)(H2,37,38,39);/q;+1/p-1. The molecule has 4 rings (SSSR count). The average molecular weight is 848 g/mol. The van der Waals surface area contributed by atoms with Crippen LogP contribution in [0, 0.1) is 6.92 Å². The number of halogens is 2. The van der Waals surface area contributed by atoms with Crippen molar-refractivity contribution in [3.05, 3.63) is 80.6 Å². The van der Waals surface area contributed by atoms with Crippen molar-refractivity contribution < 1.29 is 81.3 Å². The first-order valence-electron chi connectivity index (χ1n) is 13.4. The van der Waals surface area contributed by atoms with Crippen LogP contribution < -0.4 is 65.4 Å². The van der Waals surface area contributed by atoms with Crippen molar-refractivity contribution in [2.45, 2.75) is 38.2 Å². The summed E-state index contributed by atoms with van der Waals surface area (Å²) in [7, 11) is -10.1. The maximum absolute atomic E-state index is 13.3. The van der Waals surface area contributed by atoms with Gasteiger partial charge in [0.1, 0.15) is 23.8 Å². The van der Waals surface area contributed by atoms with E-state index in [-0.39, 0.29) is 87.4 Å². The first-order valence-corrected chi connectivity index (χ1v) is 18.7. The summed E-state index contributed by atoms with van der Waals surface area (Å²) >= 11 is 6.04. The number of hydrogen-bond donors (Lipinski definition) is 5. The average Bonchev–Trinajstić information content (AvgIpc) is 3.35. The summed E-state index contributed by atoms with van der Waals surface area (Å²) in [4.78, 5) is 81.9. The van der Waals surface area contributed by atoms with Gasteiger partial charge in [-0.15, -0.1) is 0 Å². The van der Waals surface area contributed by atoms with Crippen molar-refractivity contribution in [3.63, 3.8) is 0 Å². The molecule has 2 aromatic carbocycles. The number of H-pyrrole nitrogens is 1. The Morgan fingerprint density at radius 1 is 1.06 bits per heavy atom. The predicted octanol–water partition coefficient (Wildman–Crippen LogP) is -0.550. The van der Waals surface area contributed by atoms with Crippen LogP contribution in [0.1, 0.15) is 23.8 Å². The normalized spacial score (nSPS) is 19.7. The van der Waals surface area contributed by atoms with Crippen LogP contribution in [-0.2, 0) is 34.4 Å². The number of amides is 2. The maximum atomic E-state index is 13.3. The molecule has 5 N–H and O–H groups in total. The first kappa shape index (κ1) is 40.3. The van der Waals surface area contributed by atoms with E-state index < -0.39 is 51.2 Å².